The molecule has 0 fully saturated rings. The fourth-order valence-corrected chi connectivity index (χ4v) is 3.84. The van der Waals surface area contributed by atoms with E-state index in [1.807, 2.05) is 0 Å². The Labute approximate surface area is 152 Å². The summed E-state index contributed by atoms with van der Waals surface area (Å²) in [5, 5.41) is 0. The molecule has 0 amide bonds. The van der Waals surface area contributed by atoms with Gasteiger partial charge in [0.25, 0.3) is 0 Å². The van der Waals surface area contributed by atoms with Gasteiger partial charge in [-0.05, 0) is 16.7 Å². The number of allylic oxidation sites excluding steroid dienone is 2. The Morgan fingerprint density at radius 1 is 0.880 bits per heavy atom. The van der Waals surface area contributed by atoms with E-state index in [2.05, 4.69) is 93.8 Å². The molecule has 0 N–H and O–H groups in total. The zero-order valence-corrected chi connectivity index (χ0v) is 15.6. The van der Waals surface area contributed by atoms with Crippen LogP contribution in [-0.2, 0) is 4.65 Å². The van der Waals surface area contributed by atoms with Crippen LogP contribution < -0.4 is 0 Å². The van der Waals surface area contributed by atoms with Gasteiger partial charge in [-0.1, -0.05) is 87.5 Å². The van der Waals surface area contributed by atoms with Gasteiger partial charge in [0.1, 0.15) is 0 Å². The second kappa shape index (κ2) is 7.78. The Morgan fingerprint density at radius 2 is 1.52 bits per heavy atom. The van der Waals surface area contributed by atoms with Gasteiger partial charge in [0, 0.05) is 17.8 Å². The average molecular weight is 331 g/mol. The number of benzene rings is 2. The molecule has 2 heteroatoms. The van der Waals surface area contributed by atoms with E-state index in [1.165, 1.54) is 22.3 Å². The first-order chi connectivity index (χ1) is 12.2. The van der Waals surface area contributed by atoms with Gasteiger partial charge in [0.05, 0.1) is 0 Å². The molecule has 2 aromatic carbocycles. The summed E-state index contributed by atoms with van der Waals surface area (Å²) in [6, 6.07) is 19.3. The minimum atomic E-state index is -0.780. The van der Waals surface area contributed by atoms with Crippen molar-refractivity contribution < 1.29 is 4.65 Å². The molecule has 0 aromatic heterocycles. The van der Waals surface area contributed by atoms with Gasteiger partial charge < -0.3 is 4.65 Å². The summed E-state index contributed by atoms with van der Waals surface area (Å²) in [4.78, 5) is 0. The molecule has 0 radical (unpaired) electrons. The molecule has 1 atom stereocenters. The third-order valence-electron chi connectivity index (χ3n) is 5.95. The molecule has 0 saturated heterocycles. The third-order valence-corrected chi connectivity index (χ3v) is 5.95. The number of hydrogen-bond donors (Lipinski definition) is 0. The Kier molecular flexibility index (Phi) is 5.48. The van der Waals surface area contributed by atoms with E-state index in [0.29, 0.717) is 0 Å². The molecular weight excluding hydrogens is 303 g/mol. The standard InChI is InChI=1S/C23H28BO/c1-4-24(5-2,6-3)25-18-23-21-15-11-10-14-20(21)16-17-22(23)19-12-8-7-9-13-19/h7-18,22H,4-6H2,1-3H3/q-1/b23-18+/t22-/m1/s1. The number of rotatable bonds is 6. The molecule has 25 heavy (non-hydrogen) atoms. The van der Waals surface area contributed by atoms with E-state index < -0.39 is 6.35 Å². The van der Waals surface area contributed by atoms with Gasteiger partial charge >= 0.3 is 0 Å². The van der Waals surface area contributed by atoms with Crippen LogP contribution in [0.3, 0.4) is 0 Å². The topological polar surface area (TPSA) is 9.23 Å². The fourth-order valence-electron chi connectivity index (χ4n) is 3.84. The van der Waals surface area contributed by atoms with Gasteiger partial charge in [-0.3, -0.25) is 0 Å². The molecule has 130 valence electrons. The molecule has 1 aliphatic carbocycles. The van der Waals surface area contributed by atoms with E-state index >= 15 is 0 Å². The van der Waals surface area contributed by atoms with Crippen LogP contribution >= 0.6 is 0 Å². The second-order valence-corrected chi connectivity index (χ2v) is 7.13. The lowest BCUT2D eigenvalue weighted by atomic mass is 9.34. The summed E-state index contributed by atoms with van der Waals surface area (Å²) < 4.78 is 6.49. The summed E-state index contributed by atoms with van der Waals surface area (Å²) in [5.74, 6) is 0.246. The quantitative estimate of drug-likeness (QED) is 0.415. The SMILES string of the molecule is CC[B-](CC)(CC)O/C=C1\c2ccccc2C=C[C@@H]1c1ccccc1. The van der Waals surface area contributed by atoms with Gasteiger partial charge in [-0.25, -0.2) is 0 Å². The van der Waals surface area contributed by atoms with Gasteiger partial charge in [0.2, 0.25) is 0 Å². The van der Waals surface area contributed by atoms with Gasteiger partial charge in [-0.15, -0.1) is 19.0 Å². The first kappa shape index (κ1) is 17.6. The van der Waals surface area contributed by atoms with Crippen LogP contribution in [-0.4, -0.2) is 6.35 Å². The van der Waals surface area contributed by atoms with Gasteiger partial charge in [-0.2, -0.15) is 0 Å². The lowest BCUT2D eigenvalue weighted by Gasteiger charge is -2.38. The minimum Gasteiger partial charge on any atom is -0.718 e. The third kappa shape index (κ3) is 3.58. The highest BCUT2D eigenvalue weighted by atomic mass is 16.4. The predicted octanol–water partition coefficient (Wildman–Crippen LogP) is 6.86. The summed E-state index contributed by atoms with van der Waals surface area (Å²) >= 11 is 0. The largest absolute Gasteiger partial charge is 0.718 e. The van der Waals surface area contributed by atoms with Crippen molar-refractivity contribution in [1.82, 2.24) is 0 Å². The second-order valence-electron chi connectivity index (χ2n) is 7.13. The molecule has 0 heterocycles. The molecule has 2 aromatic rings. The molecule has 3 rings (SSSR count). The van der Waals surface area contributed by atoms with Crippen molar-refractivity contribution in [1.29, 1.82) is 0 Å². The van der Waals surface area contributed by atoms with E-state index in [-0.39, 0.29) is 5.92 Å². The highest BCUT2D eigenvalue weighted by Crippen LogP contribution is 2.40. The summed E-state index contributed by atoms with van der Waals surface area (Å²) in [7, 11) is 0. The Bertz CT molecular complexity index is 748. The van der Waals surface area contributed by atoms with Crippen molar-refractivity contribution in [3.05, 3.63) is 83.6 Å². The monoisotopic (exact) mass is 331 g/mol. The minimum absolute atomic E-state index is 0.246. The van der Waals surface area contributed by atoms with Crippen LogP contribution in [0.2, 0.25) is 19.0 Å². The predicted molar refractivity (Wildman–Crippen MR) is 111 cm³/mol. The lowest BCUT2D eigenvalue weighted by molar-refractivity contribution is 0.458. The summed E-state index contributed by atoms with van der Waals surface area (Å²) in [6.07, 6.45) is 9.08. The molecular formula is C23H28BO-. The Morgan fingerprint density at radius 3 is 2.20 bits per heavy atom. The lowest BCUT2D eigenvalue weighted by Crippen LogP contribution is -2.33. The molecule has 0 spiro atoms. The van der Waals surface area contributed by atoms with Crippen LogP contribution in [0.15, 0.2) is 66.9 Å². The van der Waals surface area contributed by atoms with Crippen molar-refractivity contribution in [3.8, 4) is 0 Å². The molecule has 0 saturated carbocycles. The van der Waals surface area contributed by atoms with Crippen molar-refractivity contribution in [2.24, 2.45) is 0 Å². The molecule has 1 aliphatic rings. The maximum atomic E-state index is 6.49. The van der Waals surface area contributed by atoms with E-state index in [9.17, 15) is 0 Å². The molecule has 1 nitrogen and oxygen atoms in total. The Hall–Kier alpha value is -2.22. The fraction of sp³-hybridized carbons (Fsp3) is 0.304. The normalized spacial score (nSPS) is 18.2. The zero-order chi connectivity index (χ0) is 17.7. The van der Waals surface area contributed by atoms with E-state index in [4.69, 9.17) is 4.65 Å². The van der Waals surface area contributed by atoms with Gasteiger partial charge in [0.15, 0.2) is 6.35 Å². The van der Waals surface area contributed by atoms with Crippen molar-refractivity contribution in [3.63, 3.8) is 0 Å². The van der Waals surface area contributed by atoms with Crippen molar-refractivity contribution in [2.45, 2.75) is 45.6 Å². The van der Waals surface area contributed by atoms with E-state index in [0.717, 1.165) is 19.0 Å². The molecule has 0 aliphatic heterocycles. The molecule has 0 unspecified atom stereocenters. The summed E-state index contributed by atoms with van der Waals surface area (Å²) in [6.45, 7) is 6.73. The van der Waals surface area contributed by atoms with Crippen LogP contribution in [0.5, 0.6) is 0 Å². The highest BCUT2D eigenvalue weighted by molar-refractivity contribution is 6.73. The molecule has 0 bridgehead atoms. The van der Waals surface area contributed by atoms with Crippen LogP contribution in [0, 0.1) is 0 Å². The smallest absolute Gasteiger partial charge is 0.163 e. The number of hydrogen-bond acceptors (Lipinski definition) is 1. The summed E-state index contributed by atoms with van der Waals surface area (Å²) in [5.41, 5.74) is 5.13. The zero-order valence-electron chi connectivity index (χ0n) is 15.6. The average Bonchev–Trinajstić information content (AvgIpc) is 2.70. The number of fused-ring (bicyclic) bond motifs is 1. The van der Waals surface area contributed by atoms with Crippen LogP contribution in [0.4, 0.5) is 0 Å². The van der Waals surface area contributed by atoms with Crippen molar-refractivity contribution >= 4 is 18.0 Å². The highest BCUT2D eigenvalue weighted by Gasteiger charge is 2.24. The first-order valence-corrected chi connectivity index (χ1v) is 9.63. The van der Waals surface area contributed by atoms with Crippen LogP contribution in [0.1, 0.15) is 43.4 Å². The van der Waals surface area contributed by atoms with E-state index in [1.54, 1.807) is 0 Å². The van der Waals surface area contributed by atoms with Crippen LogP contribution in [0.25, 0.3) is 11.6 Å². The first-order valence-electron chi connectivity index (χ1n) is 9.63. The maximum absolute atomic E-state index is 6.49. The Balaban J connectivity index is 2.04. The maximum Gasteiger partial charge on any atom is 0.163 e. The van der Waals surface area contributed by atoms with Crippen molar-refractivity contribution in [2.75, 3.05) is 0 Å².